The topological polar surface area (TPSA) is 55.5 Å². The second kappa shape index (κ2) is 4.26. The molecule has 0 rings (SSSR count). The Morgan fingerprint density at radius 2 is 1.85 bits per heavy atom. The van der Waals surface area contributed by atoms with Crippen LogP contribution in [0.15, 0.2) is 0 Å². The minimum atomic E-state index is -4.63. The molecule has 1 unspecified atom stereocenters. The average molecular weight is 201 g/mol. The number of rotatable bonds is 4. The lowest BCUT2D eigenvalue weighted by molar-refractivity contribution is -0.218. The van der Waals surface area contributed by atoms with Crippen molar-refractivity contribution < 1.29 is 23.0 Å². The maximum absolute atomic E-state index is 11.7. The lowest BCUT2D eigenvalue weighted by Crippen LogP contribution is -2.40. The van der Waals surface area contributed by atoms with Crippen LogP contribution in [0.3, 0.4) is 0 Å². The summed E-state index contributed by atoms with van der Waals surface area (Å²) >= 11 is 0. The third-order valence-electron chi connectivity index (χ3n) is 1.13. The molecule has 1 atom stereocenters. The Labute approximate surface area is 74.7 Å². The van der Waals surface area contributed by atoms with E-state index in [9.17, 15) is 13.2 Å². The molecule has 3 N–H and O–H groups in total. The number of ether oxygens (including phenoxy) is 1. The first-order chi connectivity index (χ1) is 5.63. The summed E-state index contributed by atoms with van der Waals surface area (Å²) in [6.07, 6.45) is -7.06. The van der Waals surface area contributed by atoms with Gasteiger partial charge in [0.1, 0.15) is 0 Å². The van der Waals surface area contributed by atoms with Gasteiger partial charge in [0.2, 0.25) is 0 Å². The zero-order valence-electron chi connectivity index (χ0n) is 7.56. The first-order valence-electron chi connectivity index (χ1n) is 3.74. The molecule has 80 valence electrons. The monoisotopic (exact) mass is 201 g/mol. The summed E-state index contributed by atoms with van der Waals surface area (Å²) in [5.74, 6) is 0. The van der Waals surface area contributed by atoms with Gasteiger partial charge in [0.15, 0.2) is 6.10 Å². The molecule has 0 aromatic heterocycles. The SMILES string of the molecule is CC(C)(N)COCC(O)C(F)(F)F. The van der Waals surface area contributed by atoms with Gasteiger partial charge in [0.25, 0.3) is 0 Å². The van der Waals surface area contributed by atoms with Gasteiger partial charge in [-0.25, -0.2) is 0 Å². The van der Waals surface area contributed by atoms with E-state index in [4.69, 9.17) is 10.8 Å². The molecule has 0 aliphatic carbocycles. The average Bonchev–Trinajstić information content (AvgIpc) is 1.82. The highest BCUT2D eigenvalue weighted by atomic mass is 19.4. The predicted molar refractivity (Wildman–Crippen MR) is 41.1 cm³/mol. The fraction of sp³-hybridized carbons (Fsp3) is 1.00. The van der Waals surface area contributed by atoms with Crippen molar-refractivity contribution >= 4 is 0 Å². The molecule has 0 saturated carbocycles. The van der Waals surface area contributed by atoms with Crippen LogP contribution >= 0.6 is 0 Å². The predicted octanol–water partition coefficient (Wildman–Crippen LogP) is 0.663. The maximum atomic E-state index is 11.7. The number of hydrogen-bond donors (Lipinski definition) is 2. The minimum Gasteiger partial charge on any atom is -0.382 e. The van der Waals surface area contributed by atoms with Gasteiger partial charge < -0.3 is 15.6 Å². The highest BCUT2D eigenvalue weighted by Gasteiger charge is 2.38. The lowest BCUT2D eigenvalue weighted by atomic mass is 10.1. The Morgan fingerprint density at radius 1 is 1.38 bits per heavy atom. The van der Waals surface area contributed by atoms with Gasteiger partial charge in [-0.2, -0.15) is 13.2 Å². The molecule has 13 heavy (non-hydrogen) atoms. The van der Waals surface area contributed by atoms with Gasteiger partial charge in [-0.1, -0.05) is 0 Å². The third kappa shape index (κ3) is 6.80. The van der Waals surface area contributed by atoms with Gasteiger partial charge >= 0.3 is 6.18 Å². The van der Waals surface area contributed by atoms with E-state index in [1.165, 1.54) is 0 Å². The Kier molecular flexibility index (Phi) is 4.15. The van der Waals surface area contributed by atoms with Crippen LogP contribution in [-0.2, 0) is 4.74 Å². The first kappa shape index (κ1) is 12.7. The van der Waals surface area contributed by atoms with Crippen LogP contribution in [-0.4, -0.2) is 36.1 Å². The maximum Gasteiger partial charge on any atom is 0.416 e. The van der Waals surface area contributed by atoms with Crippen molar-refractivity contribution in [2.24, 2.45) is 5.73 Å². The summed E-state index contributed by atoms with van der Waals surface area (Å²) in [6, 6.07) is 0. The van der Waals surface area contributed by atoms with Crippen LogP contribution in [0.2, 0.25) is 0 Å². The number of nitrogens with two attached hydrogens (primary N) is 1. The van der Waals surface area contributed by atoms with Gasteiger partial charge in [0, 0.05) is 5.54 Å². The molecule has 0 spiro atoms. The number of alkyl halides is 3. The molecule has 6 heteroatoms. The molecule has 0 saturated heterocycles. The van der Waals surface area contributed by atoms with E-state index in [1.54, 1.807) is 13.8 Å². The van der Waals surface area contributed by atoms with E-state index in [2.05, 4.69) is 4.74 Å². The van der Waals surface area contributed by atoms with Crippen molar-refractivity contribution in [1.29, 1.82) is 0 Å². The van der Waals surface area contributed by atoms with Gasteiger partial charge in [-0.05, 0) is 13.8 Å². The van der Waals surface area contributed by atoms with Crippen molar-refractivity contribution in [3.63, 3.8) is 0 Å². The van der Waals surface area contributed by atoms with Gasteiger partial charge in [-0.3, -0.25) is 0 Å². The number of aliphatic hydroxyl groups excluding tert-OH is 1. The minimum absolute atomic E-state index is 0.0276. The van der Waals surface area contributed by atoms with Crippen molar-refractivity contribution in [1.82, 2.24) is 0 Å². The van der Waals surface area contributed by atoms with E-state index in [1.807, 2.05) is 0 Å². The summed E-state index contributed by atoms with van der Waals surface area (Å²) in [5, 5.41) is 8.49. The smallest absolute Gasteiger partial charge is 0.382 e. The summed E-state index contributed by atoms with van der Waals surface area (Å²) in [6.45, 7) is 2.43. The molecule has 0 aliphatic rings. The Bertz CT molecular complexity index is 153. The normalized spacial score (nSPS) is 15.9. The van der Waals surface area contributed by atoms with Crippen molar-refractivity contribution in [3.8, 4) is 0 Å². The van der Waals surface area contributed by atoms with Crippen molar-refractivity contribution in [3.05, 3.63) is 0 Å². The van der Waals surface area contributed by atoms with Crippen LogP contribution in [0.1, 0.15) is 13.8 Å². The molecule has 0 amide bonds. The second-order valence-corrected chi connectivity index (χ2v) is 3.56. The third-order valence-corrected chi connectivity index (χ3v) is 1.13. The standard InChI is InChI=1S/C7H14F3NO2/c1-6(2,11)4-13-3-5(12)7(8,9)10/h5,12H,3-4,11H2,1-2H3. The van der Waals surface area contributed by atoms with E-state index in [0.29, 0.717) is 0 Å². The van der Waals surface area contributed by atoms with Crippen LogP contribution in [0.25, 0.3) is 0 Å². The van der Waals surface area contributed by atoms with Crippen molar-refractivity contribution in [2.45, 2.75) is 31.7 Å². The van der Waals surface area contributed by atoms with Crippen LogP contribution in [0.4, 0.5) is 13.2 Å². The van der Waals surface area contributed by atoms with E-state index in [-0.39, 0.29) is 6.61 Å². The summed E-state index contributed by atoms with van der Waals surface area (Å²) in [7, 11) is 0. The van der Waals surface area contributed by atoms with Crippen LogP contribution < -0.4 is 5.73 Å². The lowest BCUT2D eigenvalue weighted by Gasteiger charge is -2.20. The molecule has 0 fully saturated rings. The van der Waals surface area contributed by atoms with E-state index >= 15 is 0 Å². The number of hydrogen-bond acceptors (Lipinski definition) is 3. The molecular weight excluding hydrogens is 187 g/mol. The van der Waals surface area contributed by atoms with Crippen LogP contribution in [0.5, 0.6) is 0 Å². The second-order valence-electron chi connectivity index (χ2n) is 3.56. The largest absolute Gasteiger partial charge is 0.416 e. The van der Waals surface area contributed by atoms with E-state index in [0.717, 1.165) is 0 Å². The summed E-state index contributed by atoms with van der Waals surface area (Å²) < 4.78 is 39.7. The van der Waals surface area contributed by atoms with Crippen molar-refractivity contribution in [2.75, 3.05) is 13.2 Å². The number of aliphatic hydroxyl groups is 1. The van der Waals surface area contributed by atoms with Crippen LogP contribution in [0, 0.1) is 0 Å². The highest BCUT2D eigenvalue weighted by molar-refractivity contribution is 4.71. The number of halogens is 3. The Morgan fingerprint density at radius 3 is 2.15 bits per heavy atom. The molecule has 0 aromatic rings. The first-order valence-corrected chi connectivity index (χ1v) is 3.74. The quantitative estimate of drug-likeness (QED) is 0.702. The molecular formula is C7H14F3NO2. The molecule has 0 aromatic carbocycles. The molecule has 0 aliphatic heterocycles. The zero-order chi connectivity index (χ0) is 10.7. The molecule has 0 heterocycles. The fourth-order valence-corrected chi connectivity index (χ4v) is 0.528. The summed E-state index contributed by atoms with van der Waals surface area (Å²) in [4.78, 5) is 0. The van der Waals surface area contributed by atoms with Gasteiger partial charge in [-0.15, -0.1) is 0 Å². The summed E-state index contributed by atoms with van der Waals surface area (Å²) in [5.41, 5.74) is 4.75. The molecule has 0 bridgehead atoms. The molecule has 0 radical (unpaired) electrons. The van der Waals surface area contributed by atoms with E-state index < -0.39 is 24.4 Å². The van der Waals surface area contributed by atoms with Gasteiger partial charge in [0.05, 0.1) is 13.2 Å². The Balaban J connectivity index is 3.67. The fourth-order valence-electron chi connectivity index (χ4n) is 0.528. The molecule has 3 nitrogen and oxygen atoms in total. The highest BCUT2D eigenvalue weighted by Crippen LogP contribution is 2.20. The Hall–Kier alpha value is -0.330. The zero-order valence-corrected chi connectivity index (χ0v) is 7.56.